The molecule has 5 heteroatoms. The van der Waals surface area contributed by atoms with E-state index in [-0.39, 0.29) is 23.1 Å². The molecule has 1 aromatic rings. The van der Waals surface area contributed by atoms with Crippen LogP contribution >= 0.6 is 23.2 Å². The van der Waals surface area contributed by atoms with Crippen LogP contribution in [0.2, 0.25) is 10.0 Å². The second-order valence-corrected chi connectivity index (χ2v) is 2.77. The molecule has 7 N–H and O–H groups in total. The molecule has 0 radical (unpaired) electrons. The number of halogens is 2. The molecule has 0 heterocycles. The van der Waals surface area contributed by atoms with Crippen molar-refractivity contribution in [3.8, 4) is 5.75 Å². The number of hydrogen-bond donors (Lipinski definition) is 3. The van der Waals surface area contributed by atoms with Crippen molar-refractivity contribution in [2.75, 3.05) is 0 Å². The van der Waals surface area contributed by atoms with Crippen molar-refractivity contribution >= 4 is 23.2 Å². The number of phenolic OH excluding ortho intramolecular Hbond substituents is 1. The Balaban J connectivity index is -0.000000218. The van der Waals surface area contributed by atoms with E-state index >= 15 is 0 Å². The Bertz CT molecular complexity index is 247. The lowest BCUT2D eigenvalue weighted by atomic mass is 10.3. The highest BCUT2D eigenvalue weighted by atomic mass is 35.5. The quantitative estimate of drug-likeness (QED) is 0.592. The van der Waals surface area contributed by atoms with Gasteiger partial charge in [-0.15, -0.1) is 6.58 Å². The van der Waals surface area contributed by atoms with Gasteiger partial charge in [0, 0.05) is 0 Å². The predicted molar refractivity (Wildman–Crippen MR) is 64.0 cm³/mol. The van der Waals surface area contributed by atoms with Crippen LogP contribution in [0, 0.1) is 0 Å². The number of rotatable bonds is 0. The third-order valence-corrected chi connectivity index (χ3v) is 1.74. The lowest BCUT2D eigenvalue weighted by Gasteiger charge is -1.95. The largest absolute Gasteiger partial charge is 0.506 e. The number of benzene rings is 1. The second-order valence-electron chi connectivity index (χ2n) is 1.98. The van der Waals surface area contributed by atoms with Crippen LogP contribution in [-0.4, -0.2) is 5.11 Å². The summed E-state index contributed by atoms with van der Waals surface area (Å²) in [6, 6.07) is 4.72. The molecule has 1 aromatic carbocycles. The van der Waals surface area contributed by atoms with Crippen molar-refractivity contribution < 1.29 is 5.11 Å². The molecule has 0 spiro atoms. The first-order chi connectivity index (χ1) is 5.63. The van der Waals surface area contributed by atoms with Crippen LogP contribution in [0.3, 0.4) is 0 Å². The molecule has 82 valence electrons. The summed E-state index contributed by atoms with van der Waals surface area (Å²) in [6.07, 6.45) is 1.75. The first kappa shape index (κ1) is 18.9. The van der Waals surface area contributed by atoms with Gasteiger partial charge in [0.25, 0.3) is 0 Å². The maximum absolute atomic E-state index is 8.88. The van der Waals surface area contributed by atoms with E-state index < -0.39 is 0 Å². The highest BCUT2D eigenvalue weighted by Crippen LogP contribution is 2.29. The first-order valence-corrected chi connectivity index (χ1v) is 4.09. The maximum Gasteiger partial charge on any atom is 0.135 e. The monoisotopic (exact) mass is 238 g/mol. The second kappa shape index (κ2) is 10.3. The van der Waals surface area contributed by atoms with Gasteiger partial charge in [-0.05, 0) is 19.1 Å². The number of aromatic hydroxyl groups is 1. The van der Waals surface area contributed by atoms with E-state index in [9.17, 15) is 0 Å². The van der Waals surface area contributed by atoms with Crippen molar-refractivity contribution in [2.24, 2.45) is 0 Å². The molecule has 0 saturated heterocycles. The zero-order valence-electron chi connectivity index (χ0n) is 8.13. The summed E-state index contributed by atoms with van der Waals surface area (Å²) in [5.74, 6) is 0.0177. The molecule has 0 atom stereocenters. The summed E-state index contributed by atoms with van der Waals surface area (Å²) in [7, 11) is 0. The van der Waals surface area contributed by atoms with E-state index in [1.807, 2.05) is 6.92 Å². The van der Waals surface area contributed by atoms with Crippen molar-refractivity contribution in [1.82, 2.24) is 12.3 Å². The molecule has 0 saturated carbocycles. The van der Waals surface area contributed by atoms with E-state index in [4.69, 9.17) is 28.3 Å². The summed E-state index contributed by atoms with van der Waals surface area (Å²) in [4.78, 5) is 0. The fourth-order valence-corrected chi connectivity index (χ4v) is 0.788. The fraction of sp³-hybridized carbons (Fsp3) is 0.111. The van der Waals surface area contributed by atoms with Crippen LogP contribution in [0.5, 0.6) is 5.75 Å². The Morgan fingerprint density at radius 1 is 1.29 bits per heavy atom. The van der Waals surface area contributed by atoms with Crippen LogP contribution in [0.25, 0.3) is 0 Å². The Hall–Kier alpha value is -0.740. The molecule has 0 fully saturated rings. The molecule has 3 nitrogen and oxygen atoms in total. The summed E-state index contributed by atoms with van der Waals surface area (Å²) < 4.78 is 0. The molecule has 0 bridgehead atoms. The van der Waals surface area contributed by atoms with Gasteiger partial charge >= 0.3 is 0 Å². The molecule has 1 rings (SSSR count). The van der Waals surface area contributed by atoms with Gasteiger partial charge in [0.2, 0.25) is 0 Å². The Morgan fingerprint density at radius 2 is 1.71 bits per heavy atom. The van der Waals surface area contributed by atoms with E-state index in [0.717, 1.165) is 0 Å². The normalized spacial score (nSPS) is 7.07. The zero-order chi connectivity index (χ0) is 9.56. The van der Waals surface area contributed by atoms with Crippen molar-refractivity contribution in [1.29, 1.82) is 0 Å². The minimum Gasteiger partial charge on any atom is -0.506 e. The van der Waals surface area contributed by atoms with Crippen molar-refractivity contribution in [3.63, 3.8) is 0 Å². The molecular formula is C9H16Cl2N2O. The highest BCUT2D eigenvalue weighted by molar-refractivity contribution is 6.42. The number of hydrogen-bond acceptors (Lipinski definition) is 3. The Morgan fingerprint density at radius 3 is 2.00 bits per heavy atom. The maximum atomic E-state index is 8.88. The highest BCUT2D eigenvalue weighted by Gasteiger charge is 1.99. The fourth-order valence-electron chi connectivity index (χ4n) is 0.492. The SMILES string of the molecule is C=CC.N.N.Oc1cccc(Cl)c1Cl. The molecule has 0 amide bonds. The van der Waals surface area contributed by atoms with Gasteiger partial charge in [0.05, 0.1) is 5.02 Å². The molecule has 14 heavy (non-hydrogen) atoms. The standard InChI is InChI=1S/C6H4Cl2O.C3H6.2H3N/c7-4-2-1-3-5(9)6(4)8;1-3-2;;/h1-3,9H;3H,1H2,2H3;2*1H3. The van der Waals surface area contributed by atoms with Crippen molar-refractivity contribution in [2.45, 2.75) is 6.92 Å². The Kier molecular flexibility index (Phi) is 14.0. The van der Waals surface area contributed by atoms with Crippen molar-refractivity contribution in [3.05, 3.63) is 40.9 Å². The summed E-state index contributed by atoms with van der Waals surface area (Å²) >= 11 is 11.0. The summed E-state index contributed by atoms with van der Waals surface area (Å²) in [5, 5.41) is 9.46. The van der Waals surface area contributed by atoms with Gasteiger partial charge in [-0.2, -0.15) is 0 Å². The van der Waals surface area contributed by atoms with E-state index in [1.165, 1.54) is 6.07 Å². The molecule has 0 aliphatic rings. The summed E-state index contributed by atoms with van der Waals surface area (Å²) in [6.45, 7) is 5.25. The lowest BCUT2D eigenvalue weighted by Crippen LogP contribution is -1.67. The average Bonchev–Trinajstić information content (AvgIpc) is 2.02. The van der Waals surface area contributed by atoms with Gasteiger partial charge in [-0.25, -0.2) is 0 Å². The third-order valence-electron chi connectivity index (χ3n) is 0.931. The molecule has 0 aliphatic heterocycles. The van der Waals surface area contributed by atoms with Crippen LogP contribution < -0.4 is 12.3 Å². The zero-order valence-corrected chi connectivity index (χ0v) is 9.65. The average molecular weight is 239 g/mol. The van der Waals surface area contributed by atoms with E-state index in [2.05, 4.69) is 6.58 Å². The van der Waals surface area contributed by atoms with Crippen LogP contribution in [0.4, 0.5) is 0 Å². The van der Waals surface area contributed by atoms with E-state index in [1.54, 1.807) is 18.2 Å². The van der Waals surface area contributed by atoms with Gasteiger partial charge in [-0.1, -0.05) is 35.3 Å². The summed E-state index contributed by atoms with van der Waals surface area (Å²) in [5.41, 5.74) is 0. The topological polar surface area (TPSA) is 90.2 Å². The molecule has 0 aliphatic carbocycles. The van der Waals surface area contributed by atoms with E-state index in [0.29, 0.717) is 5.02 Å². The minimum absolute atomic E-state index is 0. The van der Waals surface area contributed by atoms with Gasteiger partial charge in [0.1, 0.15) is 10.8 Å². The van der Waals surface area contributed by atoms with Gasteiger partial charge in [0.15, 0.2) is 0 Å². The molecule has 0 unspecified atom stereocenters. The van der Waals surface area contributed by atoms with Crippen LogP contribution in [0.15, 0.2) is 30.9 Å². The van der Waals surface area contributed by atoms with Crippen LogP contribution in [-0.2, 0) is 0 Å². The van der Waals surface area contributed by atoms with Gasteiger partial charge < -0.3 is 17.4 Å². The number of allylic oxidation sites excluding steroid dienone is 1. The number of phenols is 1. The Labute approximate surface area is 94.5 Å². The molecule has 0 aromatic heterocycles. The van der Waals surface area contributed by atoms with Gasteiger partial charge in [-0.3, -0.25) is 0 Å². The minimum atomic E-state index is 0. The smallest absolute Gasteiger partial charge is 0.135 e. The molecular weight excluding hydrogens is 223 g/mol. The predicted octanol–water partition coefficient (Wildman–Crippen LogP) is 4.22. The first-order valence-electron chi connectivity index (χ1n) is 3.33. The lowest BCUT2D eigenvalue weighted by molar-refractivity contribution is 0.475. The van der Waals surface area contributed by atoms with Crippen LogP contribution in [0.1, 0.15) is 6.92 Å². The third kappa shape index (κ3) is 6.74.